The van der Waals surface area contributed by atoms with Crippen molar-refractivity contribution in [2.24, 2.45) is 0 Å². The second-order valence-electron chi connectivity index (χ2n) is 8.21. The standard InChI is InChI=1S/C25H29N3O3/c1-5-30-15-19-7-6-17(3)20(10-19)12-24-26-13-23(31-24)21-8-16(2)9-22(11-21)28-14-18(4)27-25(28)29/h6-11,13,18H,5,12,14-15H2,1-4H3,(H,27,29). The molecule has 31 heavy (non-hydrogen) atoms. The highest BCUT2D eigenvalue weighted by molar-refractivity contribution is 5.95. The highest BCUT2D eigenvalue weighted by Gasteiger charge is 2.27. The van der Waals surface area contributed by atoms with Crippen LogP contribution in [0.3, 0.4) is 0 Å². The zero-order valence-corrected chi connectivity index (χ0v) is 18.6. The van der Waals surface area contributed by atoms with Gasteiger partial charge in [0, 0.05) is 36.9 Å². The van der Waals surface area contributed by atoms with Gasteiger partial charge < -0.3 is 14.5 Å². The van der Waals surface area contributed by atoms with Crippen molar-refractivity contribution in [1.29, 1.82) is 0 Å². The number of anilines is 1. The molecule has 1 unspecified atom stereocenters. The molecule has 0 spiro atoms. The van der Waals surface area contributed by atoms with E-state index in [-0.39, 0.29) is 12.1 Å². The number of urea groups is 1. The van der Waals surface area contributed by atoms with E-state index in [0.717, 1.165) is 22.4 Å². The van der Waals surface area contributed by atoms with Crippen molar-refractivity contribution in [2.75, 3.05) is 18.1 Å². The Balaban J connectivity index is 1.56. The summed E-state index contributed by atoms with van der Waals surface area (Å²) in [5.74, 6) is 1.37. The first kappa shape index (κ1) is 21.1. The van der Waals surface area contributed by atoms with Gasteiger partial charge in [-0.1, -0.05) is 18.2 Å². The summed E-state index contributed by atoms with van der Waals surface area (Å²) < 4.78 is 11.6. The molecule has 1 N–H and O–H groups in total. The number of nitrogens with zero attached hydrogens (tertiary/aromatic N) is 2. The van der Waals surface area contributed by atoms with E-state index in [1.807, 2.05) is 32.9 Å². The van der Waals surface area contributed by atoms with Crippen LogP contribution >= 0.6 is 0 Å². The first-order valence-electron chi connectivity index (χ1n) is 10.7. The lowest BCUT2D eigenvalue weighted by Crippen LogP contribution is -2.28. The molecule has 0 saturated carbocycles. The molecule has 0 radical (unpaired) electrons. The first-order chi connectivity index (χ1) is 14.9. The highest BCUT2D eigenvalue weighted by atomic mass is 16.5. The van der Waals surface area contributed by atoms with Gasteiger partial charge in [-0.2, -0.15) is 0 Å². The smallest absolute Gasteiger partial charge is 0.322 e. The summed E-state index contributed by atoms with van der Waals surface area (Å²) >= 11 is 0. The Kier molecular flexibility index (Phi) is 6.09. The summed E-state index contributed by atoms with van der Waals surface area (Å²) in [5, 5.41) is 2.94. The third-order valence-corrected chi connectivity index (χ3v) is 5.51. The van der Waals surface area contributed by atoms with E-state index in [1.54, 1.807) is 11.1 Å². The minimum absolute atomic E-state index is 0.0651. The number of carbonyl (C=O) groups excluding carboxylic acids is 1. The van der Waals surface area contributed by atoms with Crippen LogP contribution in [0.15, 0.2) is 47.0 Å². The maximum atomic E-state index is 12.2. The number of amides is 2. The molecule has 0 aliphatic carbocycles. The predicted molar refractivity (Wildman–Crippen MR) is 121 cm³/mol. The zero-order chi connectivity index (χ0) is 22.0. The van der Waals surface area contributed by atoms with Gasteiger partial charge in [0.05, 0.1) is 12.8 Å². The second kappa shape index (κ2) is 8.94. The van der Waals surface area contributed by atoms with Gasteiger partial charge >= 0.3 is 6.03 Å². The quantitative estimate of drug-likeness (QED) is 0.585. The number of hydrogen-bond donors (Lipinski definition) is 1. The Morgan fingerprint density at radius 1 is 1.23 bits per heavy atom. The number of benzene rings is 2. The lowest BCUT2D eigenvalue weighted by Gasteiger charge is -2.16. The molecule has 6 heteroatoms. The van der Waals surface area contributed by atoms with E-state index in [0.29, 0.717) is 37.8 Å². The van der Waals surface area contributed by atoms with Crippen molar-refractivity contribution < 1.29 is 13.9 Å². The summed E-state index contributed by atoms with van der Waals surface area (Å²) in [6, 6.07) is 12.5. The fraction of sp³-hybridized carbons (Fsp3) is 0.360. The maximum Gasteiger partial charge on any atom is 0.322 e. The minimum Gasteiger partial charge on any atom is -0.440 e. The fourth-order valence-corrected chi connectivity index (χ4v) is 3.89. The average Bonchev–Trinajstić information content (AvgIpc) is 3.34. The number of hydrogen-bond acceptors (Lipinski definition) is 4. The van der Waals surface area contributed by atoms with Crippen LogP contribution in [0.25, 0.3) is 11.3 Å². The van der Waals surface area contributed by atoms with E-state index in [4.69, 9.17) is 9.15 Å². The van der Waals surface area contributed by atoms with Gasteiger partial charge in [0.15, 0.2) is 11.7 Å². The number of aromatic nitrogens is 1. The molecule has 2 amide bonds. The summed E-state index contributed by atoms with van der Waals surface area (Å²) in [5.41, 5.74) is 6.38. The molecule has 1 aliphatic rings. The normalized spacial score (nSPS) is 16.1. The van der Waals surface area contributed by atoms with Crippen molar-refractivity contribution in [1.82, 2.24) is 10.3 Å². The SMILES string of the molecule is CCOCc1ccc(C)c(Cc2ncc(-c3cc(C)cc(N4CC(C)NC4=O)c3)o2)c1. The first-order valence-corrected chi connectivity index (χ1v) is 10.7. The molecule has 3 aromatic rings. The van der Waals surface area contributed by atoms with Crippen molar-refractivity contribution in [3.05, 3.63) is 70.7 Å². The van der Waals surface area contributed by atoms with E-state index in [1.165, 1.54) is 11.1 Å². The largest absolute Gasteiger partial charge is 0.440 e. The number of oxazole rings is 1. The Morgan fingerprint density at radius 2 is 2.06 bits per heavy atom. The number of rotatable bonds is 7. The number of aryl methyl sites for hydroxylation is 2. The third-order valence-electron chi connectivity index (χ3n) is 5.51. The summed E-state index contributed by atoms with van der Waals surface area (Å²) in [6.45, 7) is 10.1. The molecular weight excluding hydrogens is 390 g/mol. The Morgan fingerprint density at radius 3 is 2.81 bits per heavy atom. The van der Waals surface area contributed by atoms with Crippen LogP contribution in [0.4, 0.5) is 10.5 Å². The minimum atomic E-state index is -0.0651. The van der Waals surface area contributed by atoms with Gasteiger partial charge in [0.25, 0.3) is 0 Å². The fourth-order valence-electron chi connectivity index (χ4n) is 3.89. The predicted octanol–water partition coefficient (Wildman–Crippen LogP) is 5.00. The van der Waals surface area contributed by atoms with Gasteiger partial charge in [0.1, 0.15) is 0 Å². The molecule has 2 heterocycles. The third kappa shape index (κ3) is 4.80. The van der Waals surface area contributed by atoms with Gasteiger partial charge in [-0.3, -0.25) is 4.90 Å². The van der Waals surface area contributed by atoms with Crippen LogP contribution in [-0.4, -0.2) is 30.2 Å². The van der Waals surface area contributed by atoms with Crippen LogP contribution in [0.1, 0.15) is 42.0 Å². The van der Waals surface area contributed by atoms with Crippen LogP contribution in [-0.2, 0) is 17.8 Å². The number of carbonyl (C=O) groups is 1. The van der Waals surface area contributed by atoms with Gasteiger partial charge in [-0.15, -0.1) is 0 Å². The average molecular weight is 420 g/mol. The molecule has 162 valence electrons. The number of nitrogens with one attached hydrogen (secondary N) is 1. The summed E-state index contributed by atoms with van der Waals surface area (Å²) in [4.78, 5) is 18.5. The second-order valence-corrected chi connectivity index (χ2v) is 8.21. The molecule has 1 aromatic heterocycles. The van der Waals surface area contributed by atoms with E-state index >= 15 is 0 Å². The molecule has 0 bridgehead atoms. The Bertz CT molecular complexity index is 1090. The van der Waals surface area contributed by atoms with Gasteiger partial charge in [-0.25, -0.2) is 9.78 Å². The van der Waals surface area contributed by atoms with Crippen molar-refractivity contribution >= 4 is 11.7 Å². The summed E-state index contributed by atoms with van der Waals surface area (Å²) in [6.07, 6.45) is 2.39. The lowest BCUT2D eigenvalue weighted by atomic mass is 10.0. The molecule has 6 nitrogen and oxygen atoms in total. The Hall–Kier alpha value is -3.12. The van der Waals surface area contributed by atoms with E-state index in [9.17, 15) is 4.79 Å². The van der Waals surface area contributed by atoms with Crippen LogP contribution in [0.2, 0.25) is 0 Å². The molecule has 1 atom stereocenters. The van der Waals surface area contributed by atoms with Gasteiger partial charge in [-0.05, 0) is 68.1 Å². The highest BCUT2D eigenvalue weighted by Crippen LogP contribution is 2.29. The monoisotopic (exact) mass is 419 g/mol. The van der Waals surface area contributed by atoms with Gasteiger partial charge in [0.2, 0.25) is 0 Å². The lowest BCUT2D eigenvalue weighted by molar-refractivity contribution is 0.134. The molecule has 1 fully saturated rings. The molecule has 4 rings (SSSR count). The topological polar surface area (TPSA) is 67.6 Å². The molecule has 2 aromatic carbocycles. The van der Waals surface area contributed by atoms with E-state index < -0.39 is 0 Å². The van der Waals surface area contributed by atoms with Crippen LogP contribution in [0.5, 0.6) is 0 Å². The van der Waals surface area contributed by atoms with E-state index in [2.05, 4.69) is 41.5 Å². The maximum absolute atomic E-state index is 12.2. The molecule has 1 saturated heterocycles. The van der Waals surface area contributed by atoms with Crippen molar-refractivity contribution in [2.45, 2.75) is 46.8 Å². The molecule has 1 aliphatic heterocycles. The molecular formula is C25H29N3O3. The zero-order valence-electron chi connectivity index (χ0n) is 18.6. The van der Waals surface area contributed by atoms with Crippen molar-refractivity contribution in [3.63, 3.8) is 0 Å². The van der Waals surface area contributed by atoms with Crippen molar-refractivity contribution in [3.8, 4) is 11.3 Å². The number of ether oxygens (including phenoxy) is 1. The Labute approximate surface area is 183 Å². The van der Waals surface area contributed by atoms with Crippen LogP contribution < -0.4 is 10.2 Å². The summed E-state index contributed by atoms with van der Waals surface area (Å²) in [7, 11) is 0. The van der Waals surface area contributed by atoms with Crippen LogP contribution in [0, 0.1) is 13.8 Å².